The zero-order valence-corrected chi connectivity index (χ0v) is 18.8. The molecular weight excluding hydrogens is 330 g/mol. The Labute approximate surface area is 169 Å². The summed E-state index contributed by atoms with van der Waals surface area (Å²) >= 11 is 0. The second-order valence-corrected chi connectivity index (χ2v) is 15.3. The molecule has 0 saturated heterocycles. The van der Waals surface area contributed by atoms with E-state index in [-0.39, 0.29) is 5.41 Å². The first-order valence-electron chi connectivity index (χ1n) is 11.8. The quantitative estimate of drug-likeness (QED) is 0.561. The third-order valence-electron chi connectivity index (χ3n) is 4.34. The normalized spacial score (nSPS) is 17.0. The number of aryl methyl sites for hydroxylation is 1. The zero-order chi connectivity index (χ0) is 24.2. The second kappa shape index (κ2) is 6.96. The van der Waals surface area contributed by atoms with Gasteiger partial charge >= 0.3 is 0 Å². The zero-order valence-electron chi connectivity index (χ0n) is 22.8. The molecule has 0 bridgehead atoms. The monoisotopic (exact) mass is 372 g/mol. The molecule has 1 aromatic carbocycles. The highest BCUT2D eigenvalue weighted by atomic mass is 28.3. The van der Waals surface area contributed by atoms with Crippen molar-refractivity contribution in [2.45, 2.75) is 79.8 Å². The molecule has 26 heavy (non-hydrogen) atoms. The van der Waals surface area contributed by atoms with Crippen molar-refractivity contribution in [3.63, 3.8) is 0 Å². The van der Waals surface area contributed by atoms with Crippen LogP contribution in [0.15, 0.2) is 30.5 Å². The highest BCUT2D eigenvalue weighted by Crippen LogP contribution is 2.31. The van der Waals surface area contributed by atoms with Gasteiger partial charge in [0.2, 0.25) is 0 Å². The number of hydrogen-bond acceptors (Lipinski definition) is 1. The molecule has 0 N–H and O–H groups in total. The van der Waals surface area contributed by atoms with Gasteiger partial charge in [0.25, 0.3) is 0 Å². The Kier molecular flexibility index (Phi) is 3.91. The second-order valence-electron chi connectivity index (χ2n) is 10.3. The highest BCUT2D eigenvalue weighted by Gasteiger charge is 2.24. The summed E-state index contributed by atoms with van der Waals surface area (Å²) in [7, 11) is -1.84. The SMILES string of the molecule is [2H]C([2H])([2H])c1ccc(-c2cc(C([2H])([2H])C(C)(C)C)c([Si](C)(C)C)cn2)cc1C(C)(C)C. The summed E-state index contributed by atoms with van der Waals surface area (Å²) in [4.78, 5) is 4.71. The van der Waals surface area contributed by atoms with E-state index in [1.54, 1.807) is 12.1 Å². The molecule has 0 amide bonds. The lowest BCUT2D eigenvalue weighted by Crippen LogP contribution is -2.41. The van der Waals surface area contributed by atoms with Crippen molar-refractivity contribution < 1.29 is 6.85 Å². The molecule has 0 aliphatic heterocycles. The van der Waals surface area contributed by atoms with Crippen molar-refractivity contribution in [1.82, 2.24) is 4.98 Å². The first kappa shape index (κ1) is 14.6. The lowest BCUT2D eigenvalue weighted by atomic mass is 9.82. The number of nitrogens with zero attached hydrogens (tertiary/aromatic N) is 1. The van der Waals surface area contributed by atoms with E-state index in [2.05, 4.69) is 19.6 Å². The molecule has 1 nitrogen and oxygen atoms in total. The fourth-order valence-corrected chi connectivity index (χ4v) is 4.44. The fourth-order valence-electron chi connectivity index (χ4n) is 3.04. The van der Waals surface area contributed by atoms with Crippen LogP contribution in [0, 0.1) is 12.3 Å². The minimum atomic E-state index is -2.19. The van der Waals surface area contributed by atoms with Crippen molar-refractivity contribution in [3.8, 4) is 11.3 Å². The van der Waals surface area contributed by atoms with Crippen LogP contribution < -0.4 is 5.19 Å². The Morgan fingerprint density at radius 1 is 1.04 bits per heavy atom. The maximum absolute atomic E-state index is 8.94. The van der Waals surface area contributed by atoms with E-state index < -0.39 is 26.7 Å². The molecule has 0 aliphatic carbocycles. The minimum Gasteiger partial charge on any atom is -0.256 e. The Hall–Kier alpha value is -1.41. The third kappa shape index (κ3) is 5.06. The molecule has 0 unspecified atom stereocenters. The van der Waals surface area contributed by atoms with Gasteiger partial charge in [0.05, 0.1) is 13.8 Å². The lowest BCUT2D eigenvalue weighted by molar-refractivity contribution is 0.412. The Morgan fingerprint density at radius 3 is 2.19 bits per heavy atom. The van der Waals surface area contributed by atoms with Crippen LogP contribution in [0.4, 0.5) is 0 Å². The van der Waals surface area contributed by atoms with E-state index in [4.69, 9.17) is 11.8 Å². The van der Waals surface area contributed by atoms with Crippen LogP contribution in [-0.4, -0.2) is 13.1 Å². The van der Waals surface area contributed by atoms with E-state index in [9.17, 15) is 0 Å². The smallest absolute Gasteiger partial charge is 0.0799 e. The summed E-state index contributed by atoms with van der Waals surface area (Å²) in [6.45, 7) is 16.2. The number of benzene rings is 1. The standard InChI is InChI=1S/C24H37NSi/c1-17-11-12-18(13-20(17)24(5,6)7)21-14-19(15-23(2,3)4)22(16-25-21)26(8,9)10/h11-14,16H,15H2,1-10H3/i1D3,15D2. The number of hydrogen-bond donors (Lipinski definition) is 0. The van der Waals surface area contributed by atoms with Crippen molar-refractivity contribution >= 4 is 13.3 Å². The predicted octanol–water partition coefficient (Wildman–Crippen LogP) is 6.49. The molecule has 0 spiro atoms. The number of aromatic nitrogens is 1. The van der Waals surface area contributed by atoms with E-state index >= 15 is 0 Å². The summed E-state index contributed by atoms with van der Waals surface area (Å²) in [6, 6.07) is 7.27. The molecule has 2 heteroatoms. The molecular formula is C24H37NSi. The third-order valence-corrected chi connectivity index (χ3v) is 6.36. The van der Waals surface area contributed by atoms with Crippen molar-refractivity contribution in [1.29, 1.82) is 0 Å². The summed E-state index contributed by atoms with van der Waals surface area (Å²) in [5, 5.41) is 1.02. The largest absolute Gasteiger partial charge is 0.256 e. The van der Waals surface area contributed by atoms with Gasteiger partial charge < -0.3 is 0 Å². The lowest BCUT2D eigenvalue weighted by Gasteiger charge is -2.26. The van der Waals surface area contributed by atoms with Crippen LogP contribution in [0.5, 0.6) is 0 Å². The van der Waals surface area contributed by atoms with Gasteiger partial charge in [-0.2, -0.15) is 0 Å². The average molecular weight is 373 g/mol. The molecule has 0 radical (unpaired) electrons. The predicted molar refractivity (Wildman–Crippen MR) is 119 cm³/mol. The van der Waals surface area contributed by atoms with Crippen LogP contribution in [0.1, 0.15) is 65.1 Å². The van der Waals surface area contributed by atoms with Crippen molar-refractivity contribution in [3.05, 3.63) is 47.2 Å². The molecule has 1 heterocycles. The van der Waals surface area contributed by atoms with E-state index in [0.29, 0.717) is 16.8 Å². The molecule has 0 fully saturated rings. The van der Waals surface area contributed by atoms with Gasteiger partial charge in [-0.05, 0) is 58.1 Å². The van der Waals surface area contributed by atoms with Gasteiger partial charge in [-0.15, -0.1) is 0 Å². The van der Waals surface area contributed by atoms with Crippen LogP contribution in [0.3, 0.4) is 0 Å². The van der Waals surface area contributed by atoms with Gasteiger partial charge in [0.15, 0.2) is 0 Å². The summed E-state index contributed by atoms with van der Waals surface area (Å²) in [6.07, 6.45) is 0.306. The maximum atomic E-state index is 8.94. The topological polar surface area (TPSA) is 12.9 Å². The Morgan fingerprint density at radius 2 is 1.69 bits per heavy atom. The molecule has 142 valence electrons. The van der Waals surface area contributed by atoms with Crippen LogP contribution in [0.25, 0.3) is 11.3 Å². The minimum absolute atomic E-state index is 0.346. The van der Waals surface area contributed by atoms with Crippen molar-refractivity contribution in [2.24, 2.45) is 5.41 Å². The van der Waals surface area contributed by atoms with Crippen LogP contribution in [-0.2, 0) is 11.8 Å². The van der Waals surface area contributed by atoms with Crippen molar-refractivity contribution in [2.75, 3.05) is 0 Å². The molecule has 2 rings (SSSR count). The molecule has 2 aromatic rings. The van der Waals surface area contributed by atoms with Gasteiger partial charge in [-0.1, -0.05) is 73.3 Å². The number of pyridine rings is 1. The summed E-state index contributed by atoms with van der Waals surface area (Å²) < 4.78 is 41.7. The number of rotatable bonds is 3. The first-order chi connectivity index (χ1) is 13.7. The maximum Gasteiger partial charge on any atom is 0.0799 e. The van der Waals surface area contributed by atoms with Crippen LogP contribution in [0.2, 0.25) is 19.6 Å². The Bertz CT molecular complexity index is 958. The highest BCUT2D eigenvalue weighted by molar-refractivity contribution is 6.89. The Balaban J connectivity index is 2.80. The first-order valence-corrected chi connectivity index (χ1v) is 12.8. The van der Waals surface area contributed by atoms with E-state index in [1.165, 1.54) is 0 Å². The van der Waals surface area contributed by atoms with E-state index in [1.807, 2.05) is 59.9 Å². The summed E-state index contributed by atoms with van der Waals surface area (Å²) in [5.41, 5.74) is 2.37. The van der Waals surface area contributed by atoms with Gasteiger partial charge in [0.1, 0.15) is 0 Å². The molecule has 0 atom stereocenters. The van der Waals surface area contributed by atoms with Gasteiger partial charge in [-0.3, -0.25) is 4.98 Å². The summed E-state index contributed by atoms with van der Waals surface area (Å²) in [5.74, 6) is 0. The molecule has 0 aliphatic rings. The van der Waals surface area contributed by atoms with Crippen LogP contribution >= 0.6 is 0 Å². The average Bonchev–Trinajstić information content (AvgIpc) is 2.57. The fraction of sp³-hybridized carbons (Fsp3) is 0.542. The van der Waals surface area contributed by atoms with E-state index in [0.717, 1.165) is 16.3 Å². The van der Waals surface area contributed by atoms with Gasteiger partial charge in [0, 0.05) is 18.6 Å². The van der Waals surface area contributed by atoms with Gasteiger partial charge in [-0.25, -0.2) is 0 Å². The molecule has 0 saturated carbocycles. The molecule has 1 aromatic heterocycles.